The molecule has 1 heterocycles. The molecule has 6 nitrogen and oxygen atoms in total. The van der Waals surface area contributed by atoms with E-state index in [1.165, 1.54) is 4.31 Å². The number of halogens is 3. The third-order valence-corrected chi connectivity index (χ3v) is 5.57. The lowest BCUT2D eigenvalue weighted by molar-refractivity contribution is -0.138. The molecule has 0 bridgehead atoms. The zero-order chi connectivity index (χ0) is 19.0. The van der Waals surface area contributed by atoms with Gasteiger partial charge in [-0.05, 0) is 31.2 Å². The molecule has 1 aliphatic heterocycles. The van der Waals surface area contributed by atoms with Crippen molar-refractivity contribution in [3.8, 4) is 0 Å². The van der Waals surface area contributed by atoms with Crippen molar-refractivity contribution >= 4 is 16.0 Å². The number of carboxylic acids is 1. The van der Waals surface area contributed by atoms with Gasteiger partial charge >= 0.3 is 12.1 Å². The van der Waals surface area contributed by atoms with Crippen LogP contribution in [0.15, 0.2) is 18.2 Å². The SMILES string of the molecule is CN(Cc1ccc(C(=O)O)cc1C(F)(F)F)C1CCN(S(C)(=O)=O)C1. The van der Waals surface area contributed by atoms with Crippen LogP contribution in [0.5, 0.6) is 0 Å². The lowest BCUT2D eigenvalue weighted by atomic mass is 10.0. The summed E-state index contributed by atoms with van der Waals surface area (Å²) in [6.07, 6.45) is -3.05. The molecule has 0 aliphatic carbocycles. The van der Waals surface area contributed by atoms with E-state index in [2.05, 4.69) is 0 Å². The smallest absolute Gasteiger partial charge is 0.416 e. The Morgan fingerprint density at radius 3 is 2.52 bits per heavy atom. The van der Waals surface area contributed by atoms with Crippen LogP contribution < -0.4 is 0 Å². The molecule has 0 spiro atoms. The average molecular weight is 380 g/mol. The van der Waals surface area contributed by atoms with Crippen LogP contribution in [0.3, 0.4) is 0 Å². The Morgan fingerprint density at radius 1 is 1.40 bits per heavy atom. The first-order valence-electron chi connectivity index (χ1n) is 7.48. The molecule has 1 aromatic carbocycles. The maximum atomic E-state index is 13.2. The molecule has 1 fully saturated rings. The van der Waals surface area contributed by atoms with Crippen LogP contribution in [0.2, 0.25) is 0 Å². The van der Waals surface area contributed by atoms with Crippen molar-refractivity contribution in [1.29, 1.82) is 0 Å². The number of carbonyl (C=O) groups is 1. The number of hydrogen-bond donors (Lipinski definition) is 1. The summed E-state index contributed by atoms with van der Waals surface area (Å²) in [5, 5.41) is 8.89. The first kappa shape index (κ1) is 19.7. The van der Waals surface area contributed by atoms with Gasteiger partial charge in [0.05, 0.1) is 17.4 Å². The second-order valence-corrected chi connectivity index (χ2v) is 8.14. The summed E-state index contributed by atoms with van der Waals surface area (Å²) in [7, 11) is -1.70. The largest absolute Gasteiger partial charge is 0.478 e. The highest BCUT2D eigenvalue weighted by Gasteiger charge is 2.36. The highest BCUT2D eigenvalue weighted by atomic mass is 32.2. The molecule has 1 atom stereocenters. The van der Waals surface area contributed by atoms with Crippen LogP contribution in [0.25, 0.3) is 0 Å². The second kappa shape index (κ2) is 6.93. The number of rotatable bonds is 5. The molecule has 2 rings (SSSR count). The van der Waals surface area contributed by atoms with Crippen LogP contribution in [0.4, 0.5) is 13.2 Å². The van der Waals surface area contributed by atoms with Crippen molar-refractivity contribution < 1.29 is 31.5 Å². The molecular weight excluding hydrogens is 361 g/mol. The van der Waals surface area contributed by atoms with E-state index in [-0.39, 0.29) is 24.7 Å². The first-order chi connectivity index (χ1) is 11.4. The minimum Gasteiger partial charge on any atom is -0.478 e. The topological polar surface area (TPSA) is 77.9 Å². The van der Waals surface area contributed by atoms with E-state index in [9.17, 15) is 26.4 Å². The Kier molecular flexibility index (Phi) is 5.45. The molecule has 10 heteroatoms. The number of likely N-dealkylation sites (N-methyl/N-ethyl adjacent to an activating group) is 1. The summed E-state index contributed by atoms with van der Waals surface area (Å²) in [4.78, 5) is 12.6. The van der Waals surface area contributed by atoms with Crippen LogP contribution in [-0.2, 0) is 22.7 Å². The molecule has 0 aromatic heterocycles. The predicted octanol–water partition coefficient (Wildman–Crippen LogP) is 1.87. The fourth-order valence-electron chi connectivity index (χ4n) is 2.88. The summed E-state index contributed by atoms with van der Waals surface area (Å²) >= 11 is 0. The van der Waals surface area contributed by atoms with Gasteiger partial charge in [0.25, 0.3) is 0 Å². The van der Waals surface area contributed by atoms with E-state index >= 15 is 0 Å². The molecule has 1 aromatic rings. The highest BCUT2D eigenvalue weighted by molar-refractivity contribution is 7.88. The lowest BCUT2D eigenvalue weighted by Gasteiger charge is -2.26. The molecule has 0 saturated carbocycles. The summed E-state index contributed by atoms with van der Waals surface area (Å²) in [5.74, 6) is -1.43. The van der Waals surface area contributed by atoms with Crippen LogP contribution in [-0.4, -0.2) is 61.1 Å². The third kappa shape index (κ3) is 4.71. The van der Waals surface area contributed by atoms with Gasteiger partial charge in [-0.2, -0.15) is 13.2 Å². The van der Waals surface area contributed by atoms with Gasteiger partial charge in [0, 0.05) is 25.7 Å². The fraction of sp³-hybridized carbons (Fsp3) is 0.533. The maximum Gasteiger partial charge on any atom is 0.416 e. The molecule has 140 valence electrons. The van der Waals surface area contributed by atoms with Gasteiger partial charge in [0.2, 0.25) is 10.0 Å². The van der Waals surface area contributed by atoms with Crippen LogP contribution >= 0.6 is 0 Å². The average Bonchev–Trinajstić information content (AvgIpc) is 2.96. The van der Waals surface area contributed by atoms with Gasteiger partial charge in [0.1, 0.15) is 0 Å². The van der Waals surface area contributed by atoms with Gasteiger partial charge in [-0.1, -0.05) is 6.07 Å². The predicted molar refractivity (Wildman–Crippen MR) is 84.7 cm³/mol. The fourth-order valence-corrected chi connectivity index (χ4v) is 3.76. The Hall–Kier alpha value is -1.65. The minimum absolute atomic E-state index is 0.0437. The summed E-state index contributed by atoms with van der Waals surface area (Å²) in [5.41, 5.74) is -1.46. The Balaban J connectivity index is 2.21. The summed E-state index contributed by atoms with van der Waals surface area (Å²) in [6.45, 7) is 0.499. The molecule has 1 aliphatic rings. The number of nitrogens with zero attached hydrogens (tertiary/aromatic N) is 2. The molecule has 0 radical (unpaired) electrons. The van der Waals surface area contributed by atoms with Crippen LogP contribution in [0.1, 0.15) is 27.9 Å². The van der Waals surface area contributed by atoms with E-state index in [0.717, 1.165) is 18.4 Å². The van der Waals surface area contributed by atoms with Crippen molar-refractivity contribution in [2.24, 2.45) is 0 Å². The zero-order valence-corrected chi connectivity index (χ0v) is 14.6. The zero-order valence-electron chi connectivity index (χ0n) is 13.7. The first-order valence-corrected chi connectivity index (χ1v) is 9.33. The minimum atomic E-state index is -4.67. The number of benzene rings is 1. The third-order valence-electron chi connectivity index (χ3n) is 4.30. The van der Waals surface area contributed by atoms with Crippen molar-refractivity contribution in [2.45, 2.75) is 25.2 Å². The molecule has 1 N–H and O–H groups in total. The standard InChI is InChI=1S/C15H19F3N2O4S/c1-19(12-5-6-20(9-12)25(2,23)24)8-11-4-3-10(14(21)22)7-13(11)15(16,17)18/h3-4,7,12H,5-6,8-9H2,1-2H3,(H,21,22). The number of carboxylic acid groups (broad SMARTS) is 1. The van der Waals surface area contributed by atoms with Crippen molar-refractivity contribution in [3.63, 3.8) is 0 Å². The number of hydrogen-bond acceptors (Lipinski definition) is 4. The molecule has 1 saturated heterocycles. The van der Waals surface area contributed by atoms with E-state index < -0.39 is 33.3 Å². The summed E-state index contributed by atoms with van der Waals surface area (Å²) in [6, 6.07) is 2.72. The second-order valence-electron chi connectivity index (χ2n) is 6.15. The molecule has 1 unspecified atom stereocenters. The Labute approximate surface area is 143 Å². The van der Waals surface area contributed by atoms with E-state index in [1.54, 1.807) is 11.9 Å². The quantitative estimate of drug-likeness (QED) is 0.844. The van der Waals surface area contributed by atoms with Crippen LogP contribution in [0, 0.1) is 0 Å². The number of aromatic carboxylic acids is 1. The number of sulfonamides is 1. The molecule has 0 amide bonds. The van der Waals surface area contributed by atoms with Gasteiger partial charge in [0.15, 0.2) is 0 Å². The monoisotopic (exact) mass is 380 g/mol. The maximum absolute atomic E-state index is 13.2. The van der Waals surface area contributed by atoms with E-state index in [4.69, 9.17) is 5.11 Å². The van der Waals surface area contributed by atoms with Gasteiger partial charge in [-0.3, -0.25) is 4.90 Å². The Morgan fingerprint density at radius 2 is 2.04 bits per heavy atom. The lowest BCUT2D eigenvalue weighted by Crippen LogP contribution is -2.36. The van der Waals surface area contributed by atoms with Gasteiger partial charge in [-0.15, -0.1) is 0 Å². The van der Waals surface area contributed by atoms with E-state index in [1.807, 2.05) is 0 Å². The van der Waals surface area contributed by atoms with Crippen molar-refractivity contribution in [2.75, 3.05) is 26.4 Å². The Bertz CT molecular complexity index is 765. The normalized spacial score (nSPS) is 19.5. The van der Waals surface area contributed by atoms with Crippen molar-refractivity contribution in [1.82, 2.24) is 9.21 Å². The summed E-state index contributed by atoms with van der Waals surface area (Å²) < 4.78 is 64.1. The number of alkyl halides is 3. The molecular formula is C15H19F3N2O4S. The van der Waals surface area contributed by atoms with E-state index in [0.29, 0.717) is 19.0 Å². The van der Waals surface area contributed by atoms with Gasteiger partial charge in [-0.25, -0.2) is 17.5 Å². The van der Waals surface area contributed by atoms with Gasteiger partial charge < -0.3 is 5.11 Å². The molecule has 25 heavy (non-hydrogen) atoms. The highest BCUT2D eigenvalue weighted by Crippen LogP contribution is 2.34. The van der Waals surface area contributed by atoms with Crippen molar-refractivity contribution in [3.05, 3.63) is 34.9 Å².